The van der Waals surface area contributed by atoms with E-state index in [0.29, 0.717) is 12.6 Å². The van der Waals surface area contributed by atoms with Gasteiger partial charge in [-0.25, -0.2) is 0 Å². The summed E-state index contributed by atoms with van der Waals surface area (Å²) in [5, 5.41) is 0. The lowest BCUT2D eigenvalue weighted by atomic mass is 9.87. The first-order valence-corrected chi connectivity index (χ1v) is 7.01. The number of benzene rings is 1. The molecule has 1 aromatic carbocycles. The zero-order valence-corrected chi connectivity index (χ0v) is 12.1. The molecule has 0 heterocycles. The molecule has 1 fully saturated rings. The van der Waals surface area contributed by atoms with Gasteiger partial charge in [0.15, 0.2) is 0 Å². The molecule has 1 aliphatic carbocycles. The van der Waals surface area contributed by atoms with Crippen LogP contribution in [-0.2, 0) is 16.8 Å². The fourth-order valence-corrected chi connectivity index (χ4v) is 2.23. The lowest BCUT2D eigenvalue weighted by Gasteiger charge is -2.23. The molecule has 0 aliphatic heterocycles. The average Bonchev–Trinajstić information content (AvgIpc) is 3.19. The number of nitrogens with zero attached hydrogens (tertiary/aromatic N) is 1. The second-order valence-corrected chi connectivity index (χ2v) is 6.40. The van der Waals surface area contributed by atoms with Crippen LogP contribution in [0.5, 0.6) is 0 Å². The Labute approximate surface area is 115 Å². The molecule has 1 saturated carbocycles. The van der Waals surface area contributed by atoms with Crippen molar-refractivity contribution in [2.24, 2.45) is 5.73 Å². The molecule has 104 valence electrons. The third-order valence-electron chi connectivity index (χ3n) is 3.66. The molecule has 0 atom stereocenters. The van der Waals surface area contributed by atoms with Crippen molar-refractivity contribution in [1.29, 1.82) is 0 Å². The van der Waals surface area contributed by atoms with Crippen LogP contribution in [0, 0.1) is 0 Å². The Kier molecular flexibility index (Phi) is 3.95. The van der Waals surface area contributed by atoms with Crippen molar-refractivity contribution in [3.63, 3.8) is 0 Å². The van der Waals surface area contributed by atoms with Crippen LogP contribution in [0.2, 0.25) is 0 Å². The van der Waals surface area contributed by atoms with Crippen LogP contribution < -0.4 is 5.73 Å². The minimum absolute atomic E-state index is 0.0578. The standard InChI is InChI=1S/C16H24N2O/c1-16(2,3)13-6-4-12(5-7-13)11-18(14-8-9-14)15(19)10-17/h4-7,14H,8-11,17H2,1-3H3. The minimum atomic E-state index is 0.0578. The van der Waals surface area contributed by atoms with Gasteiger partial charge in [-0.2, -0.15) is 0 Å². The number of carbonyl (C=O) groups excluding carboxylic acids is 1. The van der Waals surface area contributed by atoms with Crippen molar-refractivity contribution in [3.05, 3.63) is 35.4 Å². The predicted octanol–water partition coefficient (Wildman–Crippen LogP) is 2.43. The van der Waals surface area contributed by atoms with Gasteiger partial charge in [0, 0.05) is 12.6 Å². The van der Waals surface area contributed by atoms with Gasteiger partial charge >= 0.3 is 0 Å². The minimum Gasteiger partial charge on any atom is -0.334 e. The number of nitrogens with two attached hydrogens (primary N) is 1. The zero-order valence-electron chi connectivity index (χ0n) is 12.1. The molecule has 1 amide bonds. The van der Waals surface area contributed by atoms with Gasteiger partial charge in [-0.3, -0.25) is 4.79 Å². The summed E-state index contributed by atoms with van der Waals surface area (Å²) in [5.41, 5.74) is 8.15. The van der Waals surface area contributed by atoms with Crippen molar-refractivity contribution in [1.82, 2.24) is 4.90 Å². The second-order valence-electron chi connectivity index (χ2n) is 6.40. The van der Waals surface area contributed by atoms with Crippen LogP contribution in [0.25, 0.3) is 0 Å². The lowest BCUT2D eigenvalue weighted by molar-refractivity contribution is -0.130. The highest BCUT2D eigenvalue weighted by Crippen LogP contribution is 2.29. The first-order chi connectivity index (χ1) is 8.91. The highest BCUT2D eigenvalue weighted by molar-refractivity contribution is 5.78. The fourth-order valence-electron chi connectivity index (χ4n) is 2.23. The summed E-state index contributed by atoms with van der Waals surface area (Å²) in [4.78, 5) is 13.7. The van der Waals surface area contributed by atoms with Gasteiger partial charge in [0.1, 0.15) is 0 Å². The lowest BCUT2D eigenvalue weighted by Crippen LogP contribution is -2.37. The Morgan fingerprint density at radius 2 is 1.84 bits per heavy atom. The van der Waals surface area contributed by atoms with E-state index in [2.05, 4.69) is 45.0 Å². The highest BCUT2D eigenvalue weighted by atomic mass is 16.2. The zero-order chi connectivity index (χ0) is 14.0. The van der Waals surface area contributed by atoms with Crippen molar-refractivity contribution in [2.75, 3.05) is 6.54 Å². The van der Waals surface area contributed by atoms with Gasteiger partial charge in [0.2, 0.25) is 5.91 Å². The Hall–Kier alpha value is -1.35. The van der Waals surface area contributed by atoms with E-state index < -0.39 is 0 Å². The van der Waals surface area contributed by atoms with E-state index in [1.807, 2.05) is 4.90 Å². The molecular formula is C16H24N2O. The van der Waals surface area contributed by atoms with E-state index in [4.69, 9.17) is 5.73 Å². The van der Waals surface area contributed by atoms with E-state index in [9.17, 15) is 4.79 Å². The van der Waals surface area contributed by atoms with E-state index in [0.717, 1.165) is 12.8 Å². The number of hydrogen-bond donors (Lipinski definition) is 1. The summed E-state index contributed by atoms with van der Waals surface area (Å²) in [5.74, 6) is 0.0578. The van der Waals surface area contributed by atoms with Crippen LogP contribution >= 0.6 is 0 Å². The Morgan fingerprint density at radius 3 is 2.26 bits per heavy atom. The number of amides is 1. The van der Waals surface area contributed by atoms with E-state index >= 15 is 0 Å². The maximum atomic E-state index is 11.8. The molecule has 0 unspecified atom stereocenters. The fraction of sp³-hybridized carbons (Fsp3) is 0.562. The molecule has 2 rings (SSSR count). The maximum Gasteiger partial charge on any atom is 0.236 e. The molecule has 1 aliphatic rings. The summed E-state index contributed by atoms with van der Waals surface area (Å²) in [6.07, 6.45) is 2.23. The van der Waals surface area contributed by atoms with E-state index in [-0.39, 0.29) is 17.9 Å². The van der Waals surface area contributed by atoms with Crippen molar-refractivity contribution >= 4 is 5.91 Å². The third kappa shape index (κ3) is 3.57. The summed E-state index contributed by atoms with van der Waals surface area (Å²) in [6.45, 7) is 7.41. The van der Waals surface area contributed by atoms with Gasteiger partial charge in [-0.05, 0) is 29.4 Å². The molecule has 0 radical (unpaired) electrons. The van der Waals surface area contributed by atoms with Gasteiger partial charge in [0.05, 0.1) is 6.54 Å². The molecule has 3 nitrogen and oxygen atoms in total. The SMILES string of the molecule is CC(C)(C)c1ccc(CN(C(=O)CN)C2CC2)cc1. The summed E-state index contributed by atoms with van der Waals surface area (Å²) in [7, 11) is 0. The van der Waals surface area contributed by atoms with Crippen molar-refractivity contribution in [2.45, 2.75) is 51.6 Å². The molecular weight excluding hydrogens is 236 g/mol. The second kappa shape index (κ2) is 5.33. The monoisotopic (exact) mass is 260 g/mol. The maximum absolute atomic E-state index is 11.8. The number of hydrogen-bond acceptors (Lipinski definition) is 2. The van der Waals surface area contributed by atoms with Gasteiger partial charge in [0.25, 0.3) is 0 Å². The molecule has 0 saturated heterocycles. The van der Waals surface area contributed by atoms with Crippen molar-refractivity contribution < 1.29 is 4.79 Å². The van der Waals surface area contributed by atoms with Crippen LogP contribution in [0.4, 0.5) is 0 Å². The van der Waals surface area contributed by atoms with Gasteiger partial charge < -0.3 is 10.6 Å². The van der Waals surface area contributed by atoms with Gasteiger partial charge in [-0.1, -0.05) is 45.0 Å². The number of carbonyl (C=O) groups is 1. The quantitative estimate of drug-likeness (QED) is 0.903. The highest BCUT2D eigenvalue weighted by Gasteiger charge is 2.31. The molecule has 19 heavy (non-hydrogen) atoms. The summed E-state index contributed by atoms with van der Waals surface area (Å²) in [6, 6.07) is 8.98. The molecule has 0 bridgehead atoms. The average molecular weight is 260 g/mol. The van der Waals surface area contributed by atoms with E-state index in [1.54, 1.807) is 0 Å². The largest absolute Gasteiger partial charge is 0.334 e. The third-order valence-corrected chi connectivity index (χ3v) is 3.66. The molecule has 0 spiro atoms. The Balaban J connectivity index is 2.07. The van der Waals surface area contributed by atoms with Crippen LogP contribution in [-0.4, -0.2) is 23.4 Å². The van der Waals surface area contributed by atoms with Crippen molar-refractivity contribution in [3.8, 4) is 0 Å². The number of rotatable bonds is 4. The smallest absolute Gasteiger partial charge is 0.236 e. The normalized spacial score (nSPS) is 15.4. The first kappa shape index (κ1) is 14.1. The first-order valence-electron chi connectivity index (χ1n) is 7.01. The van der Waals surface area contributed by atoms with Crippen LogP contribution in [0.15, 0.2) is 24.3 Å². The van der Waals surface area contributed by atoms with E-state index in [1.165, 1.54) is 11.1 Å². The van der Waals surface area contributed by atoms with Gasteiger partial charge in [-0.15, -0.1) is 0 Å². The molecule has 1 aromatic rings. The molecule has 0 aromatic heterocycles. The molecule has 2 N–H and O–H groups in total. The topological polar surface area (TPSA) is 46.3 Å². The Morgan fingerprint density at radius 1 is 1.26 bits per heavy atom. The summed E-state index contributed by atoms with van der Waals surface area (Å²) >= 11 is 0. The predicted molar refractivity (Wildman–Crippen MR) is 77.8 cm³/mol. The summed E-state index contributed by atoms with van der Waals surface area (Å²) < 4.78 is 0. The Bertz CT molecular complexity index is 441. The van der Waals surface area contributed by atoms with Crippen LogP contribution in [0.1, 0.15) is 44.7 Å². The van der Waals surface area contributed by atoms with Crippen LogP contribution in [0.3, 0.4) is 0 Å². The molecule has 3 heteroatoms.